The number of piperidine rings is 1. The molecule has 0 bridgehead atoms. The first kappa shape index (κ1) is 32.5. The summed E-state index contributed by atoms with van der Waals surface area (Å²) in [7, 11) is 5.41. The van der Waals surface area contributed by atoms with Crippen molar-refractivity contribution in [1.29, 1.82) is 5.26 Å². The predicted octanol–water partition coefficient (Wildman–Crippen LogP) is 7.85. The lowest BCUT2D eigenvalue weighted by atomic mass is 9.86. The number of likely N-dealkylation sites (tertiary alicyclic amines) is 1. The van der Waals surface area contributed by atoms with Gasteiger partial charge in [0.15, 0.2) is 0 Å². The van der Waals surface area contributed by atoms with E-state index in [1.54, 1.807) is 30.0 Å². The topological polar surface area (TPSA) is 67.7 Å². The molecule has 0 N–H and O–H groups in total. The van der Waals surface area contributed by atoms with Crippen molar-refractivity contribution in [2.24, 2.45) is 0 Å². The molecular weight excluding hydrogens is 603 g/mol. The second-order valence-electron chi connectivity index (χ2n) is 12.1. The van der Waals surface area contributed by atoms with Gasteiger partial charge in [0.05, 0.1) is 21.7 Å². The Labute approximate surface area is 275 Å². The van der Waals surface area contributed by atoms with E-state index in [0.29, 0.717) is 33.6 Å². The van der Waals surface area contributed by atoms with Crippen molar-refractivity contribution in [2.75, 3.05) is 47.3 Å². The van der Waals surface area contributed by atoms with Gasteiger partial charge in [-0.3, -0.25) is 9.59 Å². The molecule has 1 aliphatic rings. The van der Waals surface area contributed by atoms with E-state index >= 15 is 0 Å². The lowest BCUT2D eigenvalue weighted by Gasteiger charge is -2.34. The molecule has 6 nitrogen and oxygen atoms in total. The molecule has 5 rings (SSSR count). The summed E-state index contributed by atoms with van der Waals surface area (Å²) in [4.78, 5) is 32.5. The van der Waals surface area contributed by atoms with E-state index < -0.39 is 0 Å². The fourth-order valence-electron chi connectivity index (χ4n) is 6.40. The highest BCUT2D eigenvalue weighted by Gasteiger charge is 2.27. The molecule has 1 heterocycles. The number of hydrogen-bond acceptors (Lipinski definition) is 4. The third kappa shape index (κ3) is 7.50. The molecule has 232 valence electrons. The van der Waals surface area contributed by atoms with Gasteiger partial charge < -0.3 is 14.7 Å². The Balaban J connectivity index is 1.30. The van der Waals surface area contributed by atoms with Crippen LogP contribution in [0.1, 0.15) is 68.5 Å². The Morgan fingerprint density at radius 3 is 2.31 bits per heavy atom. The minimum absolute atomic E-state index is 0.0234. The third-order valence-corrected chi connectivity index (χ3v) is 9.63. The second-order valence-corrected chi connectivity index (χ2v) is 12.9. The molecule has 0 saturated carbocycles. The monoisotopic (exact) mass is 640 g/mol. The number of amides is 2. The van der Waals surface area contributed by atoms with E-state index in [-0.39, 0.29) is 17.7 Å². The van der Waals surface area contributed by atoms with Crippen LogP contribution in [0.5, 0.6) is 0 Å². The summed E-state index contributed by atoms with van der Waals surface area (Å²) >= 11 is 12.7. The molecule has 45 heavy (non-hydrogen) atoms. The molecule has 4 aromatic carbocycles. The van der Waals surface area contributed by atoms with Crippen LogP contribution < -0.4 is 0 Å². The lowest BCUT2D eigenvalue weighted by Crippen LogP contribution is -2.36. The van der Waals surface area contributed by atoms with Crippen LogP contribution in [0.25, 0.3) is 10.8 Å². The first-order chi connectivity index (χ1) is 21.7. The van der Waals surface area contributed by atoms with Crippen LogP contribution >= 0.6 is 23.2 Å². The number of rotatable bonds is 9. The quantitative estimate of drug-likeness (QED) is 0.187. The Morgan fingerprint density at radius 2 is 1.60 bits per heavy atom. The second kappa shape index (κ2) is 14.5. The van der Waals surface area contributed by atoms with Gasteiger partial charge in [0.2, 0.25) is 0 Å². The van der Waals surface area contributed by atoms with Gasteiger partial charge in [-0.05, 0) is 97.0 Å². The number of likely N-dealkylation sites (N-methyl/N-ethyl adjacent to an activating group) is 1. The summed E-state index contributed by atoms with van der Waals surface area (Å²) in [5.74, 6) is 0.286. The fraction of sp³-hybridized carbons (Fsp3) is 0.324. The van der Waals surface area contributed by atoms with Crippen LogP contribution in [0, 0.1) is 11.3 Å². The molecule has 0 aromatic heterocycles. The van der Waals surface area contributed by atoms with Crippen LogP contribution in [-0.2, 0) is 0 Å². The molecule has 8 heteroatoms. The normalized spacial score (nSPS) is 14.6. The maximum atomic E-state index is 13.8. The summed E-state index contributed by atoms with van der Waals surface area (Å²) in [6.45, 7) is 3.22. The smallest absolute Gasteiger partial charge is 0.254 e. The molecule has 0 spiro atoms. The van der Waals surface area contributed by atoms with Gasteiger partial charge in [0, 0.05) is 44.7 Å². The average Bonchev–Trinajstić information content (AvgIpc) is 3.06. The highest BCUT2D eigenvalue weighted by Crippen LogP contribution is 2.33. The van der Waals surface area contributed by atoms with E-state index in [4.69, 9.17) is 23.2 Å². The average molecular weight is 642 g/mol. The van der Waals surface area contributed by atoms with Crippen LogP contribution in [0.4, 0.5) is 0 Å². The largest absolute Gasteiger partial charge is 0.345 e. The zero-order valence-electron chi connectivity index (χ0n) is 26.0. The number of carbonyl (C=O) groups is 2. The maximum Gasteiger partial charge on any atom is 0.254 e. The van der Waals surface area contributed by atoms with Gasteiger partial charge in [0.25, 0.3) is 11.8 Å². The molecule has 4 aromatic rings. The van der Waals surface area contributed by atoms with Gasteiger partial charge in [-0.15, -0.1) is 0 Å². The maximum absolute atomic E-state index is 13.8. The van der Waals surface area contributed by atoms with Gasteiger partial charge in [-0.2, -0.15) is 5.26 Å². The standard InChI is InChI=1S/C37H38Cl2N4O2/c1-41(2)36(44)32-11-7-6-9-30(32)26-14-17-43(18-15-26)19-16-29(27-12-13-34(38)35(39)22-27)24-42(3)37(45)33-21-25(23-40)20-28-8-4-5-10-31(28)33/h4-13,20-22,26,29H,14-19,24H2,1-3H3. The SMILES string of the molecule is CN(C)C(=O)c1ccccc1C1CCN(CCC(CN(C)C(=O)c2cc(C#N)cc3ccccc23)c2ccc(Cl)c(Cl)c2)CC1. The van der Waals surface area contributed by atoms with Crippen LogP contribution in [0.2, 0.25) is 10.0 Å². The summed E-state index contributed by atoms with van der Waals surface area (Å²) in [5.41, 5.74) is 3.95. The summed E-state index contributed by atoms with van der Waals surface area (Å²) < 4.78 is 0. The summed E-state index contributed by atoms with van der Waals surface area (Å²) in [6.07, 6.45) is 2.79. The number of halogens is 2. The van der Waals surface area contributed by atoms with Crippen molar-refractivity contribution < 1.29 is 9.59 Å². The highest BCUT2D eigenvalue weighted by atomic mass is 35.5. The first-order valence-corrected chi connectivity index (χ1v) is 16.1. The Morgan fingerprint density at radius 1 is 0.889 bits per heavy atom. The minimum atomic E-state index is -0.125. The molecule has 1 atom stereocenters. The van der Waals surface area contributed by atoms with Crippen molar-refractivity contribution in [3.63, 3.8) is 0 Å². The number of fused-ring (bicyclic) bond motifs is 1. The van der Waals surface area contributed by atoms with Crippen molar-refractivity contribution in [2.45, 2.75) is 31.1 Å². The third-order valence-electron chi connectivity index (χ3n) is 8.90. The van der Waals surface area contributed by atoms with Crippen LogP contribution in [0.3, 0.4) is 0 Å². The molecule has 2 amide bonds. The van der Waals surface area contributed by atoms with E-state index in [1.165, 1.54) is 0 Å². The van der Waals surface area contributed by atoms with Crippen molar-refractivity contribution in [3.05, 3.63) is 117 Å². The zero-order valence-corrected chi connectivity index (χ0v) is 27.5. The van der Waals surface area contributed by atoms with Gasteiger partial charge >= 0.3 is 0 Å². The molecular formula is C37H38Cl2N4O2. The van der Waals surface area contributed by atoms with Crippen molar-refractivity contribution >= 4 is 45.8 Å². The zero-order chi connectivity index (χ0) is 32.1. The van der Waals surface area contributed by atoms with Gasteiger partial charge in [-0.1, -0.05) is 71.7 Å². The molecule has 1 aliphatic heterocycles. The molecule has 1 unspecified atom stereocenters. The number of carbonyl (C=O) groups excluding carboxylic acids is 2. The van der Waals surface area contributed by atoms with E-state index in [9.17, 15) is 14.9 Å². The van der Waals surface area contributed by atoms with Crippen molar-refractivity contribution in [3.8, 4) is 6.07 Å². The first-order valence-electron chi connectivity index (χ1n) is 15.3. The molecule has 0 aliphatic carbocycles. The van der Waals surface area contributed by atoms with Crippen LogP contribution in [0.15, 0.2) is 78.9 Å². The molecule has 1 fully saturated rings. The highest BCUT2D eigenvalue weighted by molar-refractivity contribution is 6.42. The summed E-state index contributed by atoms with van der Waals surface area (Å²) in [6, 6.07) is 27.1. The predicted molar refractivity (Wildman–Crippen MR) is 182 cm³/mol. The van der Waals surface area contributed by atoms with Crippen molar-refractivity contribution in [1.82, 2.24) is 14.7 Å². The van der Waals surface area contributed by atoms with Gasteiger partial charge in [-0.25, -0.2) is 0 Å². The molecule has 1 saturated heterocycles. The Kier molecular flexibility index (Phi) is 10.5. The number of hydrogen-bond donors (Lipinski definition) is 0. The fourth-order valence-corrected chi connectivity index (χ4v) is 6.70. The Hall–Kier alpha value is -3.89. The minimum Gasteiger partial charge on any atom is -0.345 e. The van der Waals surface area contributed by atoms with E-state index in [0.717, 1.165) is 66.4 Å². The number of benzene rings is 4. The number of nitrogens with zero attached hydrogens (tertiary/aromatic N) is 4. The Bertz CT molecular complexity index is 1740. The summed E-state index contributed by atoms with van der Waals surface area (Å²) in [5, 5.41) is 12.3. The number of nitriles is 1. The van der Waals surface area contributed by atoms with Gasteiger partial charge in [0.1, 0.15) is 0 Å². The van der Waals surface area contributed by atoms with E-state index in [1.807, 2.05) is 73.8 Å². The van der Waals surface area contributed by atoms with Crippen LogP contribution in [-0.4, -0.2) is 73.8 Å². The van der Waals surface area contributed by atoms with E-state index in [2.05, 4.69) is 17.0 Å². The molecule has 0 radical (unpaired) electrons. The lowest BCUT2D eigenvalue weighted by molar-refractivity contribution is 0.0783.